The zero-order chi connectivity index (χ0) is 16.2. The van der Waals surface area contributed by atoms with E-state index in [4.69, 9.17) is 9.47 Å². The number of anilines is 1. The van der Waals surface area contributed by atoms with E-state index in [0.717, 1.165) is 33.4 Å². The first kappa shape index (κ1) is 16.8. The van der Waals surface area contributed by atoms with Crippen LogP contribution in [0.1, 0.15) is 24.0 Å². The Hall–Kier alpha value is -1.03. The smallest absolute Gasteiger partial charge is 0.264 e. The SMILES string of the molecule is O=C(COc1ccc(Br)cc1Br)Nc1nnc(C2CCCO2)s1. The Labute approximate surface area is 153 Å². The second kappa shape index (κ2) is 7.69. The number of ether oxygens (including phenoxy) is 2. The molecule has 0 aliphatic carbocycles. The highest BCUT2D eigenvalue weighted by Gasteiger charge is 2.22. The van der Waals surface area contributed by atoms with Crippen LogP contribution in [-0.2, 0) is 9.53 Å². The Morgan fingerprint density at radius 2 is 2.30 bits per heavy atom. The number of aromatic nitrogens is 2. The molecule has 3 rings (SSSR count). The number of hydrogen-bond acceptors (Lipinski definition) is 6. The summed E-state index contributed by atoms with van der Waals surface area (Å²) in [6.45, 7) is 0.650. The summed E-state index contributed by atoms with van der Waals surface area (Å²) in [6.07, 6.45) is 1.98. The molecule has 122 valence electrons. The molecule has 0 saturated carbocycles. The molecule has 6 nitrogen and oxygen atoms in total. The maximum Gasteiger partial charge on any atom is 0.264 e. The maximum absolute atomic E-state index is 11.9. The second-order valence-corrected chi connectivity index (χ2v) is 7.64. The molecule has 1 unspecified atom stereocenters. The highest BCUT2D eigenvalue weighted by Crippen LogP contribution is 2.32. The lowest BCUT2D eigenvalue weighted by atomic mass is 10.2. The van der Waals surface area contributed by atoms with E-state index < -0.39 is 0 Å². The van der Waals surface area contributed by atoms with E-state index in [1.807, 2.05) is 12.1 Å². The minimum absolute atomic E-state index is 0.00752. The minimum atomic E-state index is -0.283. The highest BCUT2D eigenvalue weighted by molar-refractivity contribution is 9.11. The van der Waals surface area contributed by atoms with E-state index in [9.17, 15) is 4.79 Å². The molecular formula is C14H13Br2N3O3S. The van der Waals surface area contributed by atoms with E-state index >= 15 is 0 Å². The van der Waals surface area contributed by atoms with Crippen LogP contribution in [0.25, 0.3) is 0 Å². The van der Waals surface area contributed by atoms with Crippen molar-refractivity contribution in [2.45, 2.75) is 18.9 Å². The van der Waals surface area contributed by atoms with Crippen molar-refractivity contribution in [2.75, 3.05) is 18.5 Å². The molecule has 9 heteroatoms. The van der Waals surface area contributed by atoms with Crippen LogP contribution in [0.5, 0.6) is 5.75 Å². The summed E-state index contributed by atoms with van der Waals surface area (Å²) in [5, 5.41) is 12.0. The fraction of sp³-hybridized carbons (Fsp3) is 0.357. The van der Waals surface area contributed by atoms with Crippen LogP contribution in [0, 0.1) is 0 Å². The number of rotatable bonds is 5. The molecule has 23 heavy (non-hydrogen) atoms. The largest absolute Gasteiger partial charge is 0.483 e. The molecule has 1 amide bonds. The van der Waals surface area contributed by atoms with Crippen molar-refractivity contribution in [3.8, 4) is 5.75 Å². The van der Waals surface area contributed by atoms with Gasteiger partial charge in [0.25, 0.3) is 5.91 Å². The van der Waals surface area contributed by atoms with Gasteiger partial charge in [-0.1, -0.05) is 27.3 Å². The summed E-state index contributed by atoms with van der Waals surface area (Å²) in [7, 11) is 0. The third-order valence-corrected chi connectivity index (χ3v) is 5.19. The molecule has 1 N–H and O–H groups in total. The van der Waals surface area contributed by atoms with Crippen LogP contribution in [0.2, 0.25) is 0 Å². The topological polar surface area (TPSA) is 73.3 Å². The fourth-order valence-electron chi connectivity index (χ4n) is 2.08. The third-order valence-electron chi connectivity index (χ3n) is 3.14. The van der Waals surface area contributed by atoms with Crippen molar-refractivity contribution < 1.29 is 14.3 Å². The van der Waals surface area contributed by atoms with Gasteiger partial charge in [-0.2, -0.15) is 0 Å². The summed E-state index contributed by atoms with van der Waals surface area (Å²) in [5.74, 6) is 0.315. The lowest BCUT2D eigenvalue weighted by Gasteiger charge is -2.07. The average molecular weight is 463 g/mol. The number of carbonyl (C=O) groups excluding carboxylic acids is 1. The molecule has 2 aromatic rings. The summed E-state index contributed by atoms with van der Waals surface area (Å²) < 4.78 is 12.7. The minimum Gasteiger partial charge on any atom is -0.483 e. The molecule has 1 atom stereocenters. The molecule has 1 aromatic carbocycles. The number of carbonyl (C=O) groups is 1. The van der Waals surface area contributed by atoms with Crippen LogP contribution in [0.15, 0.2) is 27.1 Å². The van der Waals surface area contributed by atoms with Crippen molar-refractivity contribution in [3.63, 3.8) is 0 Å². The van der Waals surface area contributed by atoms with Crippen LogP contribution in [0.3, 0.4) is 0 Å². The number of nitrogens with one attached hydrogen (secondary N) is 1. The summed E-state index contributed by atoms with van der Waals surface area (Å²) in [4.78, 5) is 11.9. The quantitative estimate of drug-likeness (QED) is 0.728. The first-order valence-corrected chi connectivity index (χ1v) is 9.35. The number of nitrogens with zero attached hydrogens (tertiary/aromatic N) is 2. The van der Waals surface area contributed by atoms with Gasteiger partial charge in [0, 0.05) is 11.1 Å². The predicted molar refractivity (Wildman–Crippen MR) is 93.8 cm³/mol. The summed E-state index contributed by atoms with van der Waals surface area (Å²) in [5.41, 5.74) is 0. The summed E-state index contributed by atoms with van der Waals surface area (Å²) >= 11 is 8.08. The number of benzene rings is 1. The Balaban J connectivity index is 1.53. The van der Waals surface area contributed by atoms with Gasteiger partial charge in [0.1, 0.15) is 16.9 Å². The number of hydrogen-bond donors (Lipinski definition) is 1. The maximum atomic E-state index is 11.9. The standard InChI is InChI=1S/C14H13Br2N3O3S/c15-8-3-4-10(9(16)6-8)22-7-12(20)17-14-19-18-13(23-14)11-2-1-5-21-11/h3-4,6,11H,1-2,5,7H2,(H,17,19,20). The van der Waals surface area contributed by atoms with Crippen LogP contribution in [-0.4, -0.2) is 29.3 Å². The highest BCUT2D eigenvalue weighted by atomic mass is 79.9. The zero-order valence-corrected chi connectivity index (χ0v) is 15.9. The Kier molecular flexibility index (Phi) is 5.62. The lowest BCUT2D eigenvalue weighted by Crippen LogP contribution is -2.20. The molecule has 1 aliphatic heterocycles. The fourth-order valence-corrected chi connectivity index (χ4v) is 4.08. The van der Waals surface area contributed by atoms with Crippen LogP contribution in [0.4, 0.5) is 5.13 Å². The van der Waals surface area contributed by atoms with Crippen molar-refractivity contribution in [1.82, 2.24) is 10.2 Å². The van der Waals surface area contributed by atoms with Gasteiger partial charge >= 0.3 is 0 Å². The average Bonchev–Trinajstić information content (AvgIpc) is 3.17. The molecule has 0 bridgehead atoms. The molecule has 1 aromatic heterocycles. The normalized spacial score (nSPS) is 17.2. The Bertz CT molecular complexity index is 704. The second-order valence-electron chi connectivity index (χ2n) is 4.86. The number of amides is 1. The molecule has 0 spiro atoms. The lowest BCUT2D eigenvalue weighted by molar-refractivity contribution is -0.118. The van der Waals surface area contributed by atoms with Gasteiger partial charge in [-0.05, 0) is 47.0 Å². The van der Waals surface area contributed by atoms with Crippen molar-refractivity contribution in [1.29, 1.82) is 0 Å². The van der Waals surface area contributed by atoms with Crippen LogP contribution < -0.4 is 10.1 Å². The van der Waals surface area contributed by atoms with Gasteiger partial charge in [-0.15, -0.1) is 10.2 Å². The van der Waals surface area contributed by atoms with Crippen molar-refractivity contribution in [3.05, 3.63) is 32.2 Å². The van der Waals surface area contributed by atoms with E-state index in [1.165, 1.54) is 11.3 Å². The molecule has 1 fully saturated rings. The van der Waals surface area contributed by atoms with E-state index in [-0.39, 0.29) is 18.6 Å². The Morgan fingerprint density at radius 3 is 3.04 bits per heavy atom. The molecule has 0 radical (unpaired) electrons. The molecule has 1 saturated heterocycles. The first-order chi connectivity index (χ1) is 11.1. The van der Waals surface area contributed by atoms with Gasteiger partial charge < -0.3 is 9.47 Å². The van der Waals surface area contributed by atoms with Gasteiger partial charge in [0.15, 0.2) is 6.61 Å². The van der Waals surface area contributed by atoms with Gasteiger partial charge in [-0.3, -0.25) is 10.1 Å². The Morgan fingerprint density at radius 1 is 1.43 bits per heavy atom. The molecular weight excluding hydrogens is 450 g/mol. The monoisotopic (exact) mass is 461 g/mol. The van der Waals surface area contributed by atoms with Crippen molar-refractivity contribution >= 4 is 54.2 Å². The van der Waals surface area contributed by atoms with Gasteiger partial charge in [0.2, 0.25) is 5.13 Å². The van der Waals surface area contributed by atoms with E-state index in [2.05, 4.69) is 47.4 Å². The van der Waals surface area contributed by atoms with Crippen molar-refractivity contribution in [2.24, 2.45) is 0 Å². The zero-order valence-electron chi connectivity index (χ0n) is 11.9. The van der Waals surface area contributed by atoms with Crippen LogP contribution >= 0.6 is 43.2 Å². The van der Waals surface area contributed by atoms with Gasteiger partial charge in [-0.25, -0.2) is 0 Å². The van der Waals surface area contributed by atoms with Gasteiger partial charge in [0.05, 0.1) is 4.47 Å². The summed E-state index contributed by atoms with van der Waals surface area (Å²) in [6, 6.07) is 5.48. The van der Waals surface area contributed by atoms with E-state index in [1.54, 1.807) is 6.07 Å². The number of halogens is 2. The molecule has 2 heterocycles. The molecule has 1 aliphatic rings. The third kappa shape index (κ3) is 4.50. The first-order valence-electron chi connectivity index (χ1n) is 6.94. The predicted octanol–water partition coefficient (Wildman–Crippen LogP) is 3.93. The van der Waals surface area contributed by atoms with E-state index in [0.29, 0.717) is 10.9 Å².